The molecule has 5 aromatic rings. The molecule has 1 unspecified atom stereocenters. The molecule has 1 atom stereocenters. The molecule has 1 aliphatic carbocycles. The van der Waals surface area contributed by atoms with E-state index in [1.54, 1.807) is 6.20 Å². The van der Waals surface area contributed by atoms with Gasteiger partial charge >= 0.3 is 12.1 Å². The minimum absolute atomic E-state index is 0.410. The minimum atomic E-state index is -0.759. The molecule has 0 bridgehead atoms. The van der Waals surface area contributed by atoms with Crippen LogP contribution in [-0.4, -0.2) is 22.2 Å². The van der Waals surface area contributed by atoms with Crippen molar-refractivity contribution in [3.05, 3.63) is 107 Å². The Morgan fingerprint density at radius 3 is 2.54 bits per heavy atom. The van der Waals surface area contributed by atoms with Gasteiger partial charge in [-0.15, -0.1) is 11.3 Å². The first-order chi connectivity index (χ1) is 18.9. The smallest absolute Gasteiger partial charge is 0.412 e. The van der Waals surface area contributed by atoms with Gasteiger partial charge in [-0.2, -0.15) is 0 Å². The molecule has 1 saturated carbocycles. The number of carbonyl (C=O) groups excluding carboxylic acids is 1. The van der Waals surface area contributed by atoms with Crippen molar-refractivity contribution in [1.29, 1.82) is 0 Å². The fraction of sp³-hybridized carbons (Fsp3) is 0.156. The van der Waals surface area contributed by atoms with Crippen LogP contribution in [0, 0.1) is 11.8 Å². The van der Waals surface area contributed by atoms with Crippen LogP contribution in [0.15, 0.2) is 85.1 Å². The molecular weight excluding hydrogens is 508 g/mol. The quantitative estimate of drug-likeness (QED) is 0.232. The van der Waals surface area contributed by atoms with Crippen molar-refractivity contribution in [3.8, 4) is 11.8 Å². The number of nitrogens with one attached hydrogen (secondary N) is 1. The van der Waals surface area contributed by atoms with E-state index in [2.05, 4.69) is 22.1 Å². The van der Waals surface area contributed by atoms with Crippen LogP contribution in [0.2, 0.25) is 0 Å². The Labute approximate surface area is 229 Å². The molecule has 1 amide bonds. The number of aliphatic carboxylic acids is 1. The van der Waals surface area contributed by atoms with Crippen molar-refractivity contribution in [1.82, 2.24) is 4.98 Å². The molecule has 0 saturated heterocycles. The number of carboxylic acids is 1. The van der Waals surface area contributed by atoms with Crippen molar-refractivity contribution < 1.29 is 19.4 Å². The second-order valence-corrected chi connectivity index (χ2v) is 10.7. The Morgan fingerprint density at radius 1 is 1.00 bits per heavy atom. The van der Waals surface area contributed by atoms with Crippen molar-refractivity contribution in [2.75, 3.05) is 5.32 Å². The fourth-order valence-corrected chi connectivity index (χ4v) is 5.68. The van der Waals surface area contributed by atoms with Gasteiger partial charge in [0.05, 0.1) is 11.1 Å². The molecule has 6 nitrogen and oxygen atoms in total. The molecule has 192 valence electrons. The highest BCUT2D eigenvalue weighted by molar-refractivity contribution is 7.19. The van der Waals surface area contributed by atoms with Gasteiger partial charge in [0.2, 0.25) is 0 Å². The highest BCUT2D eigenvalue weighted by Crippen LogP contribution is 2.49. The summed E-state index contributed by atoms with van der Waals surface area (Å²) in [5, 5.41) is 15.3. The molecule has 1 aliphatic rings. The average Bonchev–Trinajstić information content (AvgIpc) is 3.70. The van der Waals surface area contributed by atoms with Gasteiger partial charge in [-0.25, -0.2) is 9.78 Å². The summed E-state index contributed by atoms with van der Waals surface area (Å²) in [6.45, 7) is 1.83. The lowest BCUT2D eigenvalue weighted by Gasteiger charge is -2.14. The number of carbonyl (C=O) groups is 2. The van der Waals surface area contributed by atoms with Crippen molar-refractivity contribution in [2.45, 2.75) is 31.3 Å². The van der Waals surface area contributed by atoms with Crippen LogP contribution in [0.3, 0.4) is 0 Å². The molecule has 0 spiro atoms. The van der Waals surface area contributed by atoms with Crippen LogP contribution in [0.4, 0.5) is 10.5 Å². The number of carboxylic acid groups (broad SMARTS) is 1. The topological polar surface area (TPSA) is 88.5 Å². The summed E-state index contributed by atoms with van der Waals surface area (Å²) in [7, 11) is 0. The van der Waals surface area contributed by atoms with Crippen LogP contribution in [-0.2, 0) is 14.9 Å². The summed E-state index contributed by atoms with van der Waals surface area (Å²) in [4.78, 5) is 30.4. The fourth-order valence-electron chi connectivity index (χ4n) is 4.73. The number of amides is 1. The third-order valence-electron chi connectivity index (χ3n) is 7.12. The monoisotopic (exact) mass is 532 g/mol. The van der Waals surface area contributed by atoms with E-state index in [0.717, 1.165) is 37.7 Å². The van der Waals surface area contributed by atoms with Gasteiger partial charge in [0, 0.05) is 17.1 Å². The molecule has 1 fully saturated rings. The predicted molar refractivity (Wildman–Crippen MR) is 153 cm³/mol. The Balaban J connectivity index is 1.27. The van der Waals surface area contributed by atoms with Gasteiger partial charge in [-0.05, 0) is 71.9 Å². The van der Waals surface area contributed by atoms with E-state index in [0.29, 0.717) is 23.4 Å². The van der Waals surface area contributed by atoms with Crippen molar-refractivity contribution >= 4 is 50.1 Å². The number of fused-ring (bicyclic) bond motifs is 2. The maximum atomic E-state index is 12.8. The van der Waals surface area contributed by atoms with Crippen LogP contribution in [0.5, 0.6) is 0 Å². The number of thiophene rings is 1. The normalized spacial score (nSPS) is 14.3. The second kappa shape index (κ2) is 9.90. The number of hydrogen-bond donors (Lipinski definition) is 2. The Kier molecular flexibility index (Phi) is 6.26. The Hall–Kier alpha value is -4.67. The number of aromatic nitrogens is 1. The van der Waals surface area contributed by atoms with E-state index >= 15 is 0 Å². The number of nitrogens with zero attached hydrogens (tertiary/aromatic N) is 1. The zero-order valence-corrected chi connectivity index (χ0v) is 21.9. The Bertz CT molecular complexity index is 1800. The third kappa shape index (κ3) is 4.83. The van der Waals surface area contributed by atoms with E-state index in [9.17, 15) is 14.7 Å². The van der Waals surface area contributed by atoms with Gasteiger partial charge < -0.3 is 9.84 Å². The molecule has 2 heterocycles. The van der Waals surface area contributed by atoms with Gasteiger partial charge in [-0.3, -0.25) is 10.1 Å². The average molecular weight is 533 g/mol. The van der Waals surface area contributed by atoms with E-state index < -0.39 is 23.6 Å². The Morgan fingerprint density at radius 2 is 1.77 bits per heavy atom. The maximum Gasteiger partial charge on any atom is 0.412 e. The van der Waals surface area contributed by atoms with E-state index in [1.807, 2.05) is 85.8 Å². The molecule has 2 N–H and O–H groups in total. The van der Waals surface area contributed by atoms with E-state index in [-0.39, 0.29) is 0 Å². The highest BCUT2D eigenvalue weighted by atomic mass is 32.1. The standard InChI is InChI=1S/C32H24N2O4S/c1-20(22-6-3-2-4-7-22)38-31(37)34-28-26-8-5-17-33-29(26)39-27(28)14-10-21-9-11-24-19-25(13-12-23(24)18-21)32(15-16-32)30(35)36/h2-9,11-13,17-20H,15-16H2,1H3,(H,34,37)(H,35,36). The summed E-state index contributed by atoms with van der Waals surface area (Å²) >= 11 is 1.41. The van der Waals surface area contributed by atoms with Gasteiger partial charge in [0.1, 0.15) is 15.8 Å². The largest absolute Gasteiger partial charge is 0.481 e. The van der Waals surface area contributed by atoms with Crippen LogP contribution in [0.1, 0.15) is 47.4 Å². The summed E-state index contributed by atoms with van der Waals surface area (Å²) in [6, 6.07) is 25.0. The predicted octanol–water partition coefficient (Wildman–Crippen LogP) is 7.28. The molecule has 2 aromatic heterocycles. The first-order valence-corrected chi connectivity index (χ1v) is 13.4. The van der Waals surface area contributed by atoms with Gasteiger partial charge in [-0.1, -0.05) is 60.5 Å². The molecule has 39 heavy (non-hydrogen) atoms. The number of hydrogen-bond acceptors (Lipinski definition) is 5. The first-order valence-electron chi connectivity index (χ1n) is 12.6. The summed E-state index contributed by atoms with van der Waals surface area (Å²) in [5.41, 5.74) is 2.41. The number of pyridine rings is 1. The van der Waals surface area contributed by atoms with Gasteiger partial charge in [0.15, 0.2) is 0 Å². The number of anilines is 1. The molecule has 0 aliphatic heterocycles. The number of benzene rings is 3. The number of rotatable bonds is 5. The first kappa shape index (κ1) is 24.7. The highest BCUT2D eigenvalue weighted by Gasteiger charge is 2.51. The zero-order valence-electron chi connectivity index (χ0n) is 21.1. The lowest BCUT2D eigenvalue weighted by Crippen LogP contribution is -2.19. The molecule has 7 heteroatoms. The summed E-state index contributed by atoms with van der Waals surface area (Å²) < 4.78 is 5.63. The lowest BCUT2D eigenvalue weighted by atomic mass is 9.93. The summed E-state index contributed by atoms with van der Waals surface area (Å²) in [5.74, 6) is 5.67. The lowest BCUT2D eigenvalue weighted by molar-refractivity contribution is -0.140. The minimum Gasteiger partial charge on any atom is -0.481 e. The van der Waals surface area contributed by atoms with E-state index in [1.165, 1.54) is 11.3 Å². The third-order valence-corrected chi connectivity index (χ3v) is 8.15. The van der Waals surface area contributed by atoms with Crippen molar-refractivity contribution in [3.63, 3.8) is 0 Å². The molecule has 6 rings (SSSR count). The van der Waals surface area contributed by atoms with Crippen LogP contribution < -0.4 is 5.32 Å². The van der Waals surface area contributed by atoms with Crippen LogP contribution in [0.25, 0.3) is 21.0 Å². The molecule has 3 aromatic carbocycles. The zero-order chi connectivity index (χ0) is 27.0. The van der Waals surface area contributed by atoms with E-state index in [4.69, 9.17) is 4.74 Å². The van der Waals surface area contributed by atoms with Crippen molar-refractivity contribution in [2.24, 2.45) is 0 Å². The number of ether oxygens (including phenoxy) is 1. The molecule has 0 radical (unpaired) electrons. The SMILES string of the molecule is CC(OC(=O)Nc1c(C#Cc2ccc3cc(C4(C(=O)O)CC4)ccc3c2)sc2ncccc12)c1ccccc1. The molecular formula is C32H24N2O4S. The van der Waals surface area contributed by atoms with Gasteiger partial charge in [0.25, 0.3) is 0 Å². The maximum absolute atomic E-state index is 12.8. The summed E-state index contributed by atoms with van der Waals surface area (Å²) in [6.07, 6.45) is 2.09. The second-order valence-electron chi connectivity index (χ2n) is 9.66. The van der Waals surface area contributed by atoms with Crippen LogP contribution >= 0.6 is 11.3 Å².